The largest absolute Gasteiger partial charge is 0.355 e. The Labute approximate surface area is 147 Å². The summed E-state index contributed by atoms with van der Waals surface area (Å²) in [5.74, 6) is 0.108. The van der Waals surface area contributed by atoms with E-state index in [9.17, 15) is 9.59 Å². The van der Waals surface area contributed by atoms with Crippen molar-refractivity contribution in [3.63, 3.8) is 0 Å². The molecule has 1 aromatic carbocycles. The van der Waals surface area contributed by atoms with Gasteiger partial charge >= 0.3 is 0 Å². The molecule has 0 spiro atoms. The van der Waals surface area contributed by atoms with E-state index in [1.54, 1.807) is 12.5 Å². The summed E-state index contributed by atoms with van der Waals surface area (Å²) in [5, 5.41) is 6.13. The van der Waals surface area contributed by atoms with E-state index >= 15 is 0 Å². The van der Waals surface area contributed by atoms with Crippen molar-refractivity contribution in [2.24, 2.45) is 5.92 Å². The van der Waals surface area contributed by atoms with E-state index in [-0.39, 0.29) is 23.7 Å². The highest BCUT2D eigenvalue weighted by molar-refractivity contribution is 5.87. The van der Waals surface area contributed by atoms with E-state index in [4.69, 9.17) is 0 Å². The fourth-order valence-electron chi connectivity index (χ4n) is 3.14. The van der Waals surface area contributed by atoms with Crippen molar-refractivity contribution in [2.45, 2.75) is 31.8 Å². The van der Waals surface area contributed by atoms with Gasteiger partial charge in [0.1, 0.15) is 5.78 Å². The van der Waals surface area contributed by atoms with Gasteiger partial charge in [0.15, 0.2) is 0 Å². The lowest BCUT2D eigenvalue weighted by molar-refractivity contribution is -0.123. The summed E-state index contributed by atoms with van der Waals surface area (Å²) < 4.78 is 1.98. The Balaban J connectivity index is 1.38. The zero-order chi connectivity index (χ0) is 17.5. The number of carbonyl (C=O) groups excluding carboxylic acids is 2. The summed E-state index contributed by atoms with van der Waals surface area (Å²) in [6, 6.07) is 9.48. The van der Waals surface area contributed by atoms with E-state index < -0.39 is 0 Å². The predicted octanol–water partition coefficient (Wildman–Crippen LogP) is 1.18. The summed E-state index contributed by atoms with van der Waals surface area (Å²) in [4.78, 5) is 28.6. The lowest BCUT2D eigenvalue weighted by Crippen LogP contribution is -2.40. The highest BCUT2D eigenvalue weighted by Gasteiger charge is 2.32. The first-order valence-corrected chi connectivity index (χ1v) is 8.76. The Morgan fingerprint density at radius 3 is 2.88 bits per heavy atom. The number of hydrogen-bond donors (Lipinski definition) is 2. The molecule has 2 unspecified atom stereocenters. The molecule has 0 bridgehead atoms. The molecule has 6 nitrogen and oxygen atoms in total. The standard InChI is InChI=1S/C19H24N4O2/c24-18(11-15-5-2-1-3-6-15)16-12-17(22-13-16)19(25)21-7-4-9-23-10-8-20-14-23/h1-3,5-6,8,10,14,16-17,22H,4,7,9,11-13H2,(H,21,25). The summed E-state index contributed by atoms with van der Waals surface area (Å²) >= 11 is 0. The highest BCUT2D eigenvalue weighted by Crippen LogP contribution is 2.17. The minimum absolute atomic E-state index is 0.0133. The molecule has 1 aliphatic rings. The number of nitrogens with one attached hydrogen (secondary N) is 2. The van der Waals surface area contributed by atoms with Gasteiger partial charge in [-0.1, -0.05) is 30.3 Å². The van der Waals surface area contributed by atoms with Crippen molar-refractivity contribution in [1.29, 1.82) is 0 Å². The SMILES string of the molecule is O=C(Cc1ccccc1)C1CNC(C(=O)NCCCn2ccnc2)C1. The molecule has 1 fully saturated rings. The molecule has 1 aromatic heterocycles. The van der Waals surface area contributed by atoms with Gasteiger partial charge in [0.2, 0.25) is 5.91 Å². The van der Waals surface area contributed by atoms with Crippen LogP contribution in [0.15, 0.2) is 49.1 Å². The van der Waals surface area contributed by atoms with Gasteiger partial charge in [-0.05, 0) is 18.4 Å². The van der Waals surface area contributed by atoms with Crippen molar-refractivity contribution in [3.05, 3.63) is 54.6 Å². The van der Waals surface area contributed by atoms with Gasteiger partial charge < -0.3 is 15.2 Å². The number of amides is 1. The van der Waals surface area contributed by atoms with Crippen LogP contribution in [0.5, 0.6) is 0 Å². The topological polar surface area (TPSA) is 76.0 Å². The Morgan fingerprint density at radius 1 is 1.28 bits per heavy atom. The van der Waals surface area contributed by atoms with Crippen LogP contribution in [0.4, 0.5) is 0 Å². The number of Topliss-reactive ketones (excluding diaryl/α,β-unsaturated/α-hetero) is 1. The number of hydrogen-bond acceptors (Lipinski definition) is 4. The van der Waals surface area contributed by atoms with E-state index in [0.29, 0.717) is 25.9 Å². The Kier molecular flexibility index (Phi) is 5.95. The second-order valence-corrected chi connectivity index (χ2v) is 6.47. The number of carbonyl (C=O) groups is 2. The van der Waals surface area contributed by atoms with Crippen LogP contribution in [0.25, 0.3) is 0 Å². The highest BCUT2D eigenvalue weighted by atomic mass is 16.2. The molecule has 0 aliphatic carbocycles. The smallest absolute Gasteiger partial charge is 0.237 e. The number of aromatic nitrogens is 2. The number of nitrogens with zero attached hydrogens (tertiary/aromatic N) is 2. The number of rotatable bonds is 8. The van der Waals surface area contributed by atoms with E-state index in [2.05, 4.69) is 15.6 Å². The fourth-order valence-corrected chi connectivity index (χ4v) is 3.14. The summed E-state index contributed by atoms with van der Waals surface area (Å²) in [7, 11) is 0. The summed E-state index contributed by atoms with van der Waals surface area (Å²) in [5.41, 5.74) is 1.03. The Morgan fingerprint density at radius 2 is 2.12 bits per heavy atom. The van der Waals surface area contributed by atoms with Crippen molar-refractivity contribution < 1.29 is 9.59 Å². The van der Waals surface area contributed by atoms with Crippen molar-refractivity contribution >= 4 is 11.7 Å². The van der Waals surface area contributed by atoms with E-state index in [0.717, 1.165) is 18.5 Å². The van der Waals surface area contributed by atoms with Crippen molar-refractivity contribution in [1.82, 2.24) is 20.2 Å². The minimum atomic E-state index is -0.266. The molecule has 25 heavy (non-hydrogen) atoms. The molecule has 0 saturated carbocycles. The molecule has 1 amide bonds. The molecule has 2 aromatic rings. The van der Waals surface area contributed by atoms with Crippen LogP contribution in [0.1, 0.15) is 18.4 Å². The number of benzene rings is 1. The van der Waals surface area contributed by atoms with Gasteiger partial charge in [0.25, 0.3) is 0 Å². The average molecular weight is 340 g/mol. The van der Waals surface area contributed by atoms with Crippen LogP contribution in [-0.2, 0) is 22.6 Å². The Bertz CT molecular complexity index is 685. The Hall–Kier alpha value is -2.47. The van der Waals surface area contributed by atoms with Crippen molar-refractivity contribution in [2.75, 3.05) is 13.1 Å². The normalized spacial score (nSPS) is 19.7. The summed E-state index contributed by atoms with van der Waals surface area (Å²) in [6.45, 7) is 2.03. The van der Waals surface area contributed by atoms with Gasteiger partial charge in [0, 0.05) is 44.4 Å². The van der Waals surface area contributed by atoms with Gasteiger partial charge in [0.05, 0.1) is 12.4 Å². The summed E-state index contributed by atoms with van der Waals surface area (Å²) in [6.07, 6.45) is 7.29. The van der Waals surface area contributed by atoms with Gasteiger partial charge in [-0.3, -0.25) is 9.59 Å². The molecule has 6 heteroatoms. The van der Waals surface area contributed by atoms with E-state index in [1.807, 2.05) is 41.1 Å². The first-order chi connectivity index (χ1) is 12.2. The molecular weight excluding hydrogens is 316 g/mol. The monoisotopic (exact) mass is 340 g/mol. The van der Waals surface area contributed by atoms with E-state index in [1.165, 1.54) is 0 Å². The lowest BCUT2D eigenvalue weighted by Gasteiger charge is -2.11. The quantitative estimate of drug-likeness (QED) is 0.708. The van der Waals surface area contributed by atoms with Crippen LogP contribution in [0.3, 0.4) is 0 Å². The first-order valence-electron chi connectivity index (χ1n) is 8.76. The van der Waals surface area contributed by atoms with Crippen LogP contribution < -0.4 is 10.6 Å². The molecule has 1 saturated heterocycles. The molecule has 132 valence electrons. The lowest BCUT2D eigenvalue weighted by atomic mass is 9.95. The number of aryl methyl sites for hydroxylation is 1. The zero-order valence-corrected chi connectivity index (χ0v) is 14.2. The molecule has 2 atom stereocenters. The average Bonchev–Trinajstić information content (AvgIpc) is 3.31. The van der Waals surface area contributed by atoms with Crippen molar-refractivity contribution in [3.8, 4) is 0 Å². The van der Waals surface area contributed by atoms with Crippen LogP contribution >= 0.6 is 0 Å². The fraction of sp³-hybridized carbons (Fsp3) is 0.421. The maximum Gasteiger partial charge on any atom is 0.237 e. The third kappa shape index (κ3) is 5.00. The van der Waals surface area contributed by atoms with Crippen LogP contribution in [0, 0.1) is 5.92 Å². The third-order valence-corrected chi connectivity index (χ3v) is 4.58. The van der Waals surface area contributed by atoms with Gasteiger partial charge in [-0.2, -0.15) is 0 Å². The maximum absolute atomic E-state index is 12.4. The molecule has 2 heterocycles. The maximum atomic E-state index is 12.4. The molecule has 2 N–H and O–H groups in total. The van der Waals surface area contributed by atoms with Gasteiger partial charge in [-0.15, -0.1) is 0 Å². The van der Waals surface area contributed by atoms with Crippen LogP contribution in [0.2, 0.25) is 0 Å². The number of imidazole rings is 1. The second-order valence-electron chi connectivity index (χ2n) is 6.47. The van der Waals surface area contributed by atoms with Gasteiger partial charge in [-0.25, -0.2) is 4.98 Å². The first kappa shape index (κ1) is 17.4. The van der Waals surface area contributed by atoms with Crippen LogP contribution in [-0.4, -0.2) is 40.4 Å². The molecular formula is C19H24N4O2. The molecule has 1 aliphatic heterocycles. The predicted molar refractivity (Wildman–Crippen MR) is 94.9 cm³/mol. The minimum Gasteiger partial charge on any atom is -0.355 e. The number of ketones is 1. The second kappa shape index (κ2) is 8.58. The molecule has 0 radical (unpaired) electrons. The zero-order valence-electron chi connectivity index (χ0n) is 14.2. The third-order valence-electron chi connectivity index (χ3n) is 4.58. The molecule has 3 rings (SSSR count).